The van der Waals surface area contributed by atoms with E-state index in [2.05, 4.69) is 31.4 Å². The number of hydrogen-bond donors (Lipinski definition) is 3. The van der Waals surface area contributed by atoms with Gasteiger partial charge in [-0.05, 0) is 34.1 Å². The minimum atomic E-state index is -0.790. The smallest absolute Gasteiger partial charge is 0.221 e. The number of nitrogens with one attached hydrogen (secondary N) is 2. The third-order valence-electron chi connectivity index (χ3n) is 2.46. The molecule has 0 rings (SSSR count). The first-order valence-corrected chi connectivity index (χ1v) is 6.40. The molecule has 3 N–H and O–H groups in total. The molecule has 1 amide bonds. The normalized spacial score (nSPS) is 15.4. The first-order valence-electron chi connectivity index (χ1n) is 6.40. The van der Waals surface area contributed by atoms with E-state index in [1.807, 2.05) is 6.92 Å². The summed E-state index contributed by atoms with van der Waals surface area (Å²) in [5.41, 5.74) is -0.754. The van der Waals surface area contributed by atoms with Gasteiger partial charge in [-0.3, -0.25) is 4.79 Å². The molecule has 0 aliphatic carbocycles. The highest BCUT2D eigenvalue weighted by molar-refractivity contribution is 5.76. The van der Waals surface area contributed by atoms with Crippen molar-refractivity contribution >= 4 is 5.91 Å². The zero-order chi connectivity index (χ0) is 13.5. The van der Waals surface area contributed by atoms with Gasteiger partial charge in [0.25, 0.3) is 0 Å². The summed E-state index contributed by atoms with van der Waals surface area (Å²) in [6.07, 6.45) is 2.06. The molecule has 0 aromatic rings. The predicted octanol–water partition coefficient (Wildman–Crippen LogP) is 1.43. The first kappa shape index (κ1) is 16.4. The number of hydrogen-bond acceptors (Lipinski definition) is 3. The van der Waals surface area contributed by atoms with Crippen molar-refractivity contribution in [3.63, 3.8) is 0 Å². The number of amides is 1. The fourth-order valence-electron chi connectivity index (χ4n) is 1.56. The van der Waals surface area contributed by atoms with Crippen LogP contribution >= 0.6 is 0 Å². The van der Waals surface area contributed by atoms with Gasteiger partial charge in [-0.2, -0.15) is 0 Å². The highest BCUT2D eigenvalue weighted by Gasteiger charge is 2.19. The largest absolute Gasteiger partial charge is 0.388 e. The predicted molar refractivity (Wildman–Crippen MR) is 70.9 cm³/mol. The number of carbonyl (C=O) groups excluding carboxylic acids is 1. The van der Waals surface area contributed by atoms with Crippen molar-refractivity contribution in [2.24, 2.45) is 0 Å². The Morgan fingerprint density at radius 2 is 1.82 bits per heavy atom. The minimum Gasteiger partial charge on any atom is -0.388 e. The van der Waals surface area contributed by atoms with Crippen LogP contribution in [0.5, 0.6) is 0 Å². The Bertz CT molecular complexity index is 232. The Labute approximate surface area is 105 Å². The molecule has 0 aromatic heterocycles. The zero-order valence-electron chi connectivity index (χ0n) is 11.9. The van der Waals surface area contributed by atoms with Gasteiger partial charge in [0, 0.05) is 25.0 Å². The Morgan fingerprint density at radius 1 is 1.24 bits per heavy atom. The summed E-state index contributed by atoms with van der Waals surface area (Å²) in [6, 6.07) is 0. The molecule has 0 spiro atoms. The summed E-state index contributed by atoms with van der Waals surface area (Å²) in [7, 11) is 0. The molecule has 0 aliphatic rings. The molecule has 0 aromatic carbocycles. The van der Waals surface area contributed by atoms with Gasteiger partial charge in [0.2, 0.25) is 5.91 Å². The van der Waals surface area contributed by atoms with Crippen molar-refractivity contribution in [3.05, 3.63) is 0 Å². The van der Waals surface area contributed by atoms with E-state index in [0.29, 0.717) is 25.9 Å². The van der Waals surface area contributed by atoms with E-state index < -0.39 is 5.60 Å². The van der Waals surface area contributed by atoms with Crippen molar-refractivity contribution in [2.45, 2.75) is 65.0 Å². The highest BCUT2D eigenvalue weighted by Crippen LogP contribution is 2.09. The van der Waals surface area contributed by atoms with Crippen molar-refractivity contribution < 1.29 is 9.90 Å². The summed E-state index contributed by atoms with van der Waals surface area (Å²) in [5, 5.41) is 15.9. The van der Waals surface area contributed by atoms with Crippen LogP contribution in [-0.2, 0) is 4.79 Å². The van der Waals surface area contributed by atoms with E-state index >= 15 is 0 Å². The molecule has 0 saturated heterocycles. The van der Waals surface area contributed by atoms with Crippen molar-refractivity contribution in [1.29, 1.82) is 0 Å². The molecule has 0 fully saturated rings. The maximum atomic E-state index is 11.5. The highest BCUT2D eigenvalue weighted by atomic mass is 16.3. The summed E-state index contributed by atoms with van der Waals surface area (Å²) >= 11 is 0. The van der Waals surface area contributed by atoms with Crippen LogP contribution in [0.3, 0.4) is 0 Å². The monoisotopic (exact) mass is 244 g/mol. The fourth-order valence-corrected chi connectivity index (χ4v) is 1.56. The fraction of sp³-hybridized carbons (Fsp3) is 0.923. The van der Waals surface area contributed by atoms with Gasteiger partial charge in [-0.15, -0.1) is 0 Å². The molecule has 0 saturated carbocycles. The van der Waals surface area contributed by atoms with Crippen LogP contribution in [0.15, 0.2) is 0 Å². The van der Waals surface area contributed by atoms with Crippen LogP contribution in [0.4, 0.5) is 0 Å². The average molecular weight is 244 g/mol. The minimum absolute atomic E-state index is 0.0156. The SMILES string of the molecule is CCCC(C)(O)CNC(=O)CCNC(C)(C)C. The van der Waals surface area contributed by atoms with E-state index in [4.69, 9.17) is 0 Å². The van der Waals surface area contributed by atoms with Crippen molar-refractivity contribution in [3.8, 4) is 0 Å². The van der Waals surface area contributed by atoms with Crippen molar-refractivity contribution in [2.75, 3.05) is 13.1 Å². The van der Waals surface area contributed by atoms with Gasteiger partial charge in [0.05, 0.1) is 5.60 Å². The molecule has 0 aliphatic heterocycles. The van der Waals surface area contributed by atoms with Gasteiger partial charge in [-0.25, -0.2) is 0 Å². The Kier molecular flexibility index (Phi) is 6.72. The van der Waals surface area contributed by atoms with Gasteiger partial charge in [-0.1, -0.05) is 13.3 Å². The maximum absolute atomic E-state index is 11.5. The summed E-state index contributed by atoms with van der Waals surface area (Å²) in [5.74, 6) is -0.0156. The molecular formula is C13H28N2O2. The van der Waals surface area contributed by atoms with Crippen LogP contribution in [0.25, 0.3) is 0 Å². The molecule has 4 nitrogen and oxygen atoms in total. The van der Waals surface area contributed by atoms with E-state index in [1.54, 1.807) is 6.92 Å². The molecule has 1 unspecified atom stereocenters. The van der Waals surface area contributed by atoms with E-state index in [1.165, 1.54) is 0 Å². The zero-order valence-corrected chi connectivity index (χ0v) is 11.9. The van der Waals surface area contributed by atoms with Crippen LogP contribution in [-0.4, -0.2) is 35.2 Å². The van der Waals surface area contributed by atoms with Crippen LogP contribution in [0, 0.1) is 0 Å². The summed E-state index contributed by atoms with van der Waals surface area (Å²) in [4.78, 5) is 11.5. The second kappa shape index (κ2) is 6.97. The molecule has 0 bridgehead atoms. The molecule has 0 heterocycles. The number of rotatable bonds is 7. The molecule has 4 heteroatoms. The van der Waals surface area contributed by atoms with Gasteiger partial charge < -0.3 is 15.7 Å². The second-order valence-corrected chi connectivity index (χ2v) is 5.95. The molecule has 0 radical (unpaired) electrons. The molecule has 1 atom stereocenters. The van der Waals surface area contributed by atoms with E-state index in [0.717, 1.165) is 6.42 Å². The van der Waals surface area contributed by atoms with Crippen LogP contribution < -0.4 is 10.6 Å². The van der Waals surface area contributed by atoms with E-state index in [9.17, 15) is 9.90 Å². The standard InChI is InChI=1S/C13H28N2O2/c1-6-8-13(5,17)10-14-11(16)7-9-15-12(2,3)4/h15,17H,6-10H2,1-5H3,(H,14,16). The van der Waals surface area contributed by atoms with Crippen LogP contribution in [0.2, 0.25) is 0 Å². The summed E-state index contributed by atoms with van der Waals surface area (Å²) in [6.45, 7) is 11.0. The lowest BCUT2D eigenvalue weighted by Gasteiger charge is -2.23. The average Bonchev–Trinajstić information content (AvgIpc) is 2.13. The molecule has 17 heavy (non-hydrogen) atoms. The Balaban J connectivity index is 3.73. The lowest BCUT2D eigenvalue weighted by Crippen LogP contribution is -2.42. The lowest BCUT2D eigenvalue weighted by molar-refractivity contribution is -0.122. The van der Waals surface area contributed by atoms with Gasteiger partial charge in [0.1, 0.15) is 0 Å². The number of aliphatic hydroxyl groups is 1. The topological polar surface area (TPSA) is 61.4 Å². The van der Waals surface area contributed by atoms with Gasteiger partial charge >= 0.3 is 0 Å². The molecular weight excluding hydrogens is 216 g/mol. The number of carbonyl (C=O) groups is 1. The third kappa shape index (κ3) is 10.3. The van der Waals surface area contributed by atoms with Crippen LogP contribution in [0.1, 0.15) is 53.9 Å². The first-order chi connectivity index (χ1) is 7.66. The van der Waals surface area contributed by atoms with Crippen molar-refractivity contribution in [1.82, 2.24) is 10.6 Å². The third-order valence-corrected chi connectivity index (χ3v) is 2.46. The Hall–Kier alpha value is -0.610. The van der Waals surface area contributed by atoms with E-state index in [-0.39, 0.29) is 11.4 Å². The van der Waals surface area contributed by atoms with Gasteiger partial charge in [0.15, 0.2) is 0 Å². The summed E-state index contributed by atoms with van der Waals surface area (Å²) < 4.78 is 0. The Morgan fingerprint density at radius 3 is 2.29 bits per heavy atom. The quantitative estimate of drug-likeness (QED) is 0.635. The lowest BCUT2D eigenvalue weighted by atomic mass is 10.0. The maximum Gasteiger partial charge on any atom is 0.221 e. The molecule has 102 valence electrons. The second-order valence-electron chi connectivity index (χ2n) is 5.95.